The Labute approximate surface area is 216 Å². The van der Waals surface area contributed by atoms with Crippen LogP contribution in [0, 0.1) is 5.41 Å². The van der Waals surface area contributed by atoms with Gasteiger partial charge in [-0.3, -0.25) is 19.8 Å². The van der Waals surface area contributed by atoms with Crippen molar-refractivity contribution >= 4 is 29.2 Å². The van der Waals surface area contributed by atoms with Crippen LogP contribution < -0.4 is 11.1 Å². The number of amides is 3. The van der Waals surface area contributed by atoms with E-state index in [-0.39, 0.29) is 30.7 Å². The maximum absolute atomic E-state index is 13.5. The maximum atomic E-state index is 13.5. The van der Waals surface area contributed by atoms with E-state index in [1.165, 1.54) is 10.5 Å². The van der Waals surface area contributed by atoms with Crippen molar-refractivity contribution in [1.29, 1.82) is 5.41 Å². The Kier molecular flexibility index (Phi) is 8.30. The Morgan fingerprint density at radius 2 is 1.54 bits per heavy atom. The van der Waals surface area contributed by atoms with Crippen molar-refractivity contribution in [3.8, 4) is 0 Å². The van der Waals surface area contributed by atoms with Gasteiger partial charge in [0.1, 0.15) is 18.4 Å². The molecule has 1 aliphatic heterocycles. The van der Waals surface area contributed by atoms with Crippen LogP contribution in [-0.2, 0) is 27.2 Å². The van der Waals surface area contributed by atoms with Crippen molar-refractivity contribution in [3.63, 3.8) is 0 Å². The number of nitrogens with one attached hydrogen (secondary N) is 2. The number of nitrogen functional groups attached to an aromatic ring is 1. The smallest absolute Gasteiger partial charge is 0.246 e. The SMILES string of the molecule is N=C(N)c1ccc(NC(=O)CN2C(=O)CN(CCCc3ccccc3)C(=O)[C@H]2Cc2ccccc2)cc1. The fraction of sp³-hybridized carbons (Fsp3) is 0.241. The number of rotatable bonds is 10. The third-order valence-corrected chi connectivity index (χ3v) is 6.42. The standard InChI is InChI=1S/C29H31N5O3/c30-28(31)23-13-15-24(16-14-23)32-26(35)19-34-25(18-22-10-5-2-6-11-22)29(37)33(20-27(34)36)17-7-12-21-8-3-1-4-9-21/h1-6,8-11,13-16,25H,7,12,17-20H2,(H3,30,31)(H,32,35)/t25-/m1/s1. The second-order valence-electron chi connectivity index (χ2n) is 9.12. The minimum Gasteiger partial charge on any atom is -0.384 e. The lowest BCUT2D eigenvalue weighted by Gasteiger charge is -2.40. The lowest BCUT2D eigenvalue weighted by molar-refractivity contribution is -0.156. The highest BCUT2D eigenvalue weighted by atomic mass is 16.2. The Morgan fingerprint density at radius 1 is 0.919 bits per heavy atom. The summed E-state index contributed by atoms with van der Waals surface area (Å²) in [6.45, 7) is 0.210. The van der Waals surface area contributed by atoms with Gasteiger partial charge in [-0.1, -0.05) is 60.7 Å². The minimum atomic E-state index is -0.758. The van der Waals surface area contributed by atoms with Crippen molar-refractivity contribution < 1.29 is 14.4 Å². The zero-order valence-electron chi connectivity index (χ0n) is 20.6. The number of nitrogens with zero attached hydrogens (tertiary/aromatic N) is 2. The Balaban J connectivity index is 1.45. The molecule has 37 heavy (non-hydrogen) atoms. The molecular formula is C29H31N5O3. The largest absolute Gasteiger partial charge is 0.384 e. The second-order valence-corrected chi connectivity index (χ2v) is 9.12. The molecule has 0 aliphatic carbocycles. The van der Waals surface area contributed by atoms with E-state index >= 15 is 0 Å². The van der Waals surface area contributed by atoms with E-state index in [0.717, 1.165) is 18.4 Å². The molecule has 8 heteroatoms. The van der Waals surface area contributed by atoms with Gasteiger partial charge in [0.15, 0.2) is 0 Å². The summed E-state index contributed by atoms with van der Waals surface area (Å²) in [6.07, 6.45) is 1.90. The molecule has 0 bridgehead atoms. The molecule has 4 N–H and O–H groups in total. The molecule has 190 valence electrons. The Bertz CT molecular complexity index is 1250. The fourth-order valence-corrected chi connectivity index (χ4v) is 4.48. The van der Waals surface area contributed by atoms with Crippen LogP contribution in [0.5, 0.6) is 0 Å². The Morgan fingerprint density at radius 3 is 2.16 bits per heavy atom. The predicted octanol–water partition coefficient (Wildman–Crippen LogP) is 2.82. The van der Waals surface area contributed by atoms with E-state index in [1.54, 1.807) is 29.2 Å². The summed E-state index contributed by atoms with van der Waals surface area (Å²) in [6, 6.07) is 25.4. The number of amidine groups is 1. The van der Waals surface area contributed by atoms with Gasteiger partial charge in [-0.15, -0.1) is 0 Å². The number of benzene rings is 3. The summed E-state index contributed by atoms with van der Waals surface area (Å²) in [5, 5.41) is 10.3. The highest BCUT2D eigenvalue weighted by Crippen LogP contribution is 2.19. The molecule has 1 atom stereocenters. The molecule has 0 spiro atoms. The lowest BCUT2D eigenvalue weighted by Crippen LogP contribution is -2.62. The third kappa shape index (κ3) is 6.82. The van der Waals surface area contributed by atoms with Gasteiger partial charge in [-0.05, 0) is 48.2 Å². The molecule has 3 aromatic carbocycles. The van der Waals surface area contributed by atoms with Crippen molar-refractivity contribution in [1.82, 2.24) is 9.80 Å². The van der Waals surface area contributed by atoms with Crippen molar-refractivity contribution in [2.24, 2.45) is 5.73 Å². The van der Waals surface area contributed by atoms with E-state index in [2.05, 4.69) is 17.4 Å². The minimum absolute atomic E-state index is 0.0422. The van der Waals surface area contributed by atoms with Gasteiger partial charge in [0.05, 0.1) is 6.54 Å². The van der Waals surface area contributed by atoms with Gasteiger partial charge in [0.2, 0.25) is 17.7 Å². The van der Waals surface area contributed by atoms with Crippen LogP contribution in [0.2, 0.25) is 0 Å². The highest BCUT2D eigenvalue weighted by Gasteiger charge is 2.39. The second kappa shape index (κ2) is 12.0. The van der Waals surface area contributed by atoms with Gasteiger partial charge in [-0.25, -0.2) is 0 Å². The number of anilines is 1. The summed E-state index contributed by atoms with van der Waals surface area (Å²) >= 11 is 0. The van der Waals surface area contributed by atoms with Crippen LogP contribution in [0.4, 0.5) is 5.69 Å². The molecule has 1 fully saturated rings. The first-order chi connectivity index (χ1) is 17.9. The van der Waals surface area contributed by atoms with Crippen LogP contribution in [0.3, 0.4) is 0 Å². The first-order valence-electron chi connectivity index (χ1n) is 12.3. The summed E-state index contributed by atoms with van der Waals surface area (Å²) in [7, 11) is 0. The zero-order chi connectivity index (χ0) is 26.2. The summed E-state index contributed by atoms with van der Waals surface area (Å²) in [5.41, 5.74) is 8.66. The number of aryl methyl sites for hydroxylation is 1. The molecule has 1 heterocycles. The zero-order valence-corrected chi connectivity index (χ0v) is 20.6. The van der Waals surface area contributed by atoms with Crippen LogP contribution in [0.25, 0.3) is 0 Å². The van der Waals surface area contributed by atoms with Gasteiger partial charge >= 0.3 is 0 Å². The average molecular weight is 498 g/mol. The summed E-state index contributed by atoms with van der Waals surface area (Å²) in [4.78, 5) is 42.6. The van der Waals surface area contributed by atoms with Crippen molar-refractivity contribution in [2.75, 3.05) is 25.0 Å². The number of carbonyl (C=O) groups is 3. The predicted molar refractivity (Wildman–Crippen MR) is 143 cm³/mol. The normalized spacial score (nSPS) is 15.5. The van der Waals surface area contributed by atoms with E-state index in [9.17, 15) is 14.4 Å². The first kappa shape index (κ1) is 25.6. The number of carbonyl (C=O) groups excluding carboxylic acids is 3. The maximum Gasteiger partial charge on any atom is 0.246 e. The molecular weight excluding hydrogens is 466 g/mol. The van der Waals surface area contributed by atoms with Crippen LogP contribution in [-0.4, -0.2) is 59.0 Å². The van der Waals surface area contributed by atoms with Gasteiger partial charge in [0, 0.05) is 24.2 Å². The molecule has 8 nitrogen and oxygen atoms in total. The lowest BCUT2D eigenvalue weighted by atomic mass is 10.00. The van der Waals surface area contributed by atoms with E-state index in [1.807, 2.05) is 48.5 Å². The molecule has 0 saturated carbocycles. The topological polar surface area (TPSA) is 120 Å². The van der Waals surface area contributed by atoms with Crippen LogP contribution in [0.1, 0.15) is 23.1 Å². The highest BCUT2D eigenvalue weighted by molar-refractivity contribution is 6.00. The molecule has 3 aromatic rings. The molecule has 0 aromatic heterocycles. The molecule has 0 unspecified atom stereocenters. The molecule has 1 aliphatic rings. The van der Waals surface area contributed by atoms with Crippen molar-refractivity contribution in [2.45, 2.75) is 25.3 Å². The quantitative estimate of drug-likeness (QED) is 0.295. The van der Waals surface area contributed by atoms with Gasteiger partial charge in [-0.2, -0.15) is 0 Å². The summed E-state index contributed by atoms with van der Waals surface area (Å²) in [5.74, 6) is -0.850. The van der Waals surface area contributed by atoms with Crippen LogP contribution in [0.15, 0.2) is 84.9 Å². The molecule has 4 rings (SSSR count). The van der Waals surface area contributed by atoms with Gasteiger partial charge < -0.3 is 20.9 Å². The number of hydrogen-bond donors (Lipinski definition) is 3. The molecule has 0 radical (unpaired) electrons. The van der Waals surface area contributed by atoms with E-state index < -0.39 is 11.9 Å². The molecule has 1 saturated heterocycles. The fourth-order valence-electron chi connectivity index (χ4n) is 4.48. The third-order valence-electron chi connectivity index (χ3n) is 6.42. The van der Waals surface area contributed by atoms with Crippen LogP contribution >= 0.6 is 0 Å². The monoisotopic (exact) mass is 497 g/mol. The number of piperazine rings is 1. The first-order valence-corrected chi connectivity index (χ1v) is 12.3. The average Bonchev–Trinajstić information content (AvgIpc) is 2.90. The Hall–Kier alpha value is -4.46. The van der Waals surface area contributed by atoms with E-state index in [0.29, 0.717) is 24.2 Å². The summed E-state index contributed by atoms with van der Waals surface area (Å²) < 4.78 is 0. The number of nitrogens with two attached hydrogens (primary N) is 1. The van der Waals surface area contributed by atoms with Gasteiger partial charge in [0.25, 0.3) is 0 Å². The van der Waals surface area contributed by atoms with Crippen molar-refractivity contribution in [3.05, 3.63) is 102 Å². The number of hydrogen-bond acceptors (Lipinski definition) is 4. The molecule has 3 amide bonds. The van der Waals surface area contributed by atoms with E-state index in [4.69, 9.17) is 11.1 Å².